The zero-order valence-corrected chi connectivity index (χ0v) is 25.0. The van der Waals surface area contributed by atoms with Crippen LogP contribution in [-0.4, -0.2) is 50.7 Å². The molecule has 0 aliphatic heterocycles. The standard InChI is InChI=1S/C36H36N2O8/c39-29-9-5-25(33(43)13-29)19-37(20-26-6-10-30(40)14-34(26)44)17-23-1-2-24(4-3-23)18-38(21-27-7-11-31(41)15-35(27)45)22-28-8-12-32(42)16-36(28)46/h1-16,39-46H,17-22H2. The van der Waals surface area contributed by atoms with E-state index in [1.54, 1.807) is 24.3 Å². The Morgan fingerprint density at radius 2 is 0.543 bits per heavy atom. The third-order valence-corrected chi connectivity index (χ3v) is 7.69. The summed E-state index contributed by atoms with van der Waals surface area (Å²) in [6.07, 6.45) is 0. The molecule has 0 unspecified atom stereocenters. The molecule has 10 heteroatoms. The van der Waals surface area contributed by atoms with Gasteiger partial charge in [-0.2, -0.15) is 0 Å². The highest BCUT2D eigenvalue weighted by atomic mass is 16.3. The lowest BCUT2D eigenvalue weighted by Gasteiger charge is -2.25. The average molecular weight is 625 g/mol. The number of phenols is 8. The van der Waals surface area contributed by atoms with E-state index in [2.05, 4.69) is 0 Å². The molecule has 8 N–H and O–H groups in total. The largest absolute Gasteiger partial charge is 0.508 e. The first-order valence-corrected chi connectivity index (χ1v) is 14.6. The second-order valence-electron chi connectivity index (χ2n) is 11.4. The van der Waals surface area contributed by atoms with Crippen molar-refractivity contribution in [3.63, 3.8) is 0 Å². The number of benzene rings is 5. The quantitative estimate of drug-likeness (QED) is 0.0858. The predicted molar refractivity (Wildman–Crippen MR) is 171 cm³/mol. The van der Waals surface area contributed by atoms with Crippen molar-refractivity contribution in [2.45, 2.75) is 39.3 Å². The summed E-state index contributed by atoms with van der Waals surface area (Å²) in [5.41, 5.74) is 4.30. The van der Waals surface area contributed by atoms with Gasteiger partial charge >= 0.3 is 0 Å². The van der Waals surface area contributed by atoms with E-state index in [0.29, 0.717) is 61.5 Å². The molecule has 0 aromatic heterocycles. The van der Waals surface area contributed by atoms with Gasteiger partial charge in [-0.15, -0.1) is 0 Å². The lowest BCUT2D eigenvalue weighted by molar-refractivity contribution is 0.238. The van der Waals surface area contributed by atoms with Gasteiger partial charge in [0.2, 0.25) is 0 Å². The van der Waals surface area contributed by atoms with E-state index in [-0.39, 0.29) is 46.0 Å². The van der Waals surface area contributed by atoms with Crippen LogP contribution in [0.2, 0.25) is 0 Å². The van der Waals surface area contributed by atoms with Crippen LogP contribution in [0, 0.1) is 0 Å². The first kappa shape index (κ1) is 31.8. The summed E-state index contributed by atoms with van der Waals surface area (Å²) < 4.78 is 0. The molecule has 5 rings (SSSR count). The number of hydrogen-bond acceptors (Lipinski definition) is 10. The molecule has 0 aliphatic rings. The van der Waals surface area contributed by atoms with Crippen molar-refractivity contribution in [1.29, 1.82) is 0 Å². The van der Waals surface area contributed by atoms with Gasteiger partial charge < -0.3 is 40.9 Å². The summed E-state index contributed by atoms with van der Waals surface area (Å²) in [6, 6.07) is 25.6. The van der Waals surface area contributed by atoms with Crippen LogP contribution >= 0.6 is 0 Å². The molecule has 238 valence electrons. The first-order chi connectivity index (χ1) is 22.0. The Morgan fingerprint density at radius 3 is 0.761 bits per heavy atom. The SMILES string of the molecule is Oc1ccc(CN(Cc2ccc(CN(Cc3ccc(O)cc3O)Cc3ccc(O)cc3O)cc2)Cc2ccc(O)cc2O)c(O)c1. The van der Waals surface area contributed by atoms with Crippen LogP contribution in [-0.2, 0) is 39.3 Å². The maximum atomic E-state index is 10.4. The molecule has 0 atom stereocenters. The van der Waals surface area contributed by atoms with Crippen molar-refractivity contribution in [1.82, 2.24) is 9.80 Å². The van der Waals surface area contributed by atoms with Gasteiger partial charge in [0.25, 0.3) is 0 Å². The van der Waals surface area contributed by atoms with Gasteiger partial charge in [0, 0.05) is 85.8 Å². The van der Waals surface area contributed by atoms with Gasteiger partial charge in [-0.1, -0.05) is 48.5 Å². The van der Waals surface area contributed by atoms with Crippen LogP contribution in [0.3, 0.4) is 0 Å². The van der Waals surface area contributed by atoms with E-state index in [1.807, 2.05) is 34.1 Å². The van der Waals surface area contributed by atoms with E-state index in [9.17, 15) is 40.9 Å². The Morgan fingerprint density at radius 1 is 0.304 bits per heavy atom. The molecule has 46 heavy (non-hydrogen) atoms. The van der Waals surface area contributed by atoms with Crippen LogP contribution in [0.15, 0.2) is 97.1 Å². The Balaban J connectivity index is 1.35. The van der Waals surface area contributed by atoms with Crippen LogP contribution in [0.4, 0.5) is 0 Å². The Hall–Kier alpha value is -5.58. The van der Waals surface area contributed by atoms with Gasteiger partial charge in [-0.05, 0) is 35.4 Å². The van der Waals surface area contributed by atoms with Crippen LogP contribution in [0.25, 0.3) is 0 Å². The maximum absolute atomic E-state index is 10.4. The average Bonchev–Trinajstić information content (AvgIpc) is 2.99. The summed E-state index contributed by atoms with van der Waals surface area (Å²) >= 11 is 0. The molecule has 10 nitrogen and oxygen atoms in total. The van der Waals surface area contributed by atoms with Crippen LogP contribution in [0.5, 0.6) is 46.0 Å². The monoisotopic (exact) mass is 624 g/mol. The number of aromatic hydroxyl groups is 8. The van der Waals surface area contributed by atoms with Gasteiger partial charge in [0.1, 0.15) is 46.0 Å². The fourth-order valence-corrected chi connectivity index (χ4v) is 5.31. The second-order valence-corrected chi connectivity index (χ2v) is 11.4. The summed E-state index contributed by atoms with van der Waals surface area (Å²) in [4.78, 5) is 4.03. The molecule has 0 aliphatic carbocycles. The van der Waals surface area contributed by atoms with Crippen LogP contribution < -0.4 is 0 Å². The smallest absolute Gasteiger partial charge is 0.123 e. The lowest BCUT2D eigenvalue weighted by Crippen LogP contribution is -2.23. The van der Waals surface area contributed by atoms with Crippen molar-refractivity contribution in [3.05, 3.63) is 130 Å². The molecule has 0 heterocycles. The second kappa shape index (κ2) is 14.0. The van der Waals surface area contributed by atoms with Gasteiger partial charge in [-0.3, -0.25) is 9.80 Å². The molecule has 5 aromatic carbocycles. The Labute approximate surface area is 266 Å². The minimum atomic E-state index is -0.0466. The fraction of sp³-hybridized carbons (Fsp3) is 0.167. The molecule has 0 fully saturated rings. The molecular weight excluding hydrogens is 588 g/mol. The molecular formula is C36H36N2O8. The highest BCUT2D eigenvalue weighted by Crippen LogP contribution is 2.30. The van der Waals surface area contributed by atoms with Crippen molar-refractivity contribution in [2.75, 3.05) is 0 Å². The lowest BCUT2D eigenvalue weighted by atomic mass is 10.1. The molecule has 5 aromatic rings. The van der Waals surface area contributed by atoms with E-state index < -0.39 is 0 Å². The van der Waals surface area contributed by atoms with Gasteiger partial charge in [0.05, 0.1) is 0 Å². The summed E-state index contributed by atoms with van der Waals surface area (Å²) in [6.45, 7) is 2.16. The van der Waals surface area contributed by atoms with Crippen molar-refractivity contribution in [2.24, 2.45) is 0 Å². The molecule has 0 saturated heterocycles. The summed E-state index contributed by atoms with van der Waals surface area (Å²) in [5, 5.41) is 80.6. The number of hydrogen-bond donors (Lipinski definition) is 8. The topological polar surface area (TPSA) is 168 Å². The highest BCUT2D eigenvalue weighted by Gasteiger charge is 2.16. The third-order valence-electron chi connectivity index (χ3n) is 7.69. The van der Waals surface area contributed by atoms with E-state index in [0.717, 1.165) is 11.1 Å². The molecule has 0 bridgehead atoms. The molecule has 0 radical (unpaired) electrons. The summed E-state index contributed by atoms with van der Waals surface area (Å²) in [5.74, 6) is -0.372. The number of phenolic OH excluding ortho intramolecular Hbond substituents is 8. The number of rotatable bonds is 12. The highest BCUT2D eigenvalue weighted by molar-refractivity contribution is 5.42. The molecule has 0 spiro atoms. The first-order valence-electron chi connectivity index (χ1n) is 14.6. The predicted octanol–water partition coefficient (Wildman–Crippen LogP) is 5.74. The maximum Gasteiger partial charge on any atom is 0.123 e. The zero-order chi connectivity index (χ0) is 32.8. The molecule has 0 amide bonds. The number of nitrogens with zero attached hydrogens (tertiary/aromatic N) is 2. The van der Waals surface area contributed by atoms with Crippen molar-refractivity contribution >= 4 is 0 Å². The zero-order valence-electron chi connectivity index (χ0n) is 25.0. The summed E-state index contributed by atoms with van der Waals surface area (Å²) in [7, 11) is 0. The minimum Gasteiger partial charge on any atom is -0.508 e. The van der Waals surface area contributed by atoms with Crippen molar-refractivity contribution < 1.29 is 40.9 Å². The van der Waals surface area contributed by atoms with E-state index in [4.69, 9.17) is 0 Å². The fourth-order valence-electron chi connectivity index (χ4n) is 5.31. The molecule has 0 saturated carbocycles. The van der Waals surface area contributed by atoms with E-state index >= 15 is 0 Å². The van der Waals surface area contributed by atoms with Gasteiger partial charge in [-0.25, -0.2) is 0 Å². The van der Waals surface area contributed by atoms with Gasteiger partial charge in [0.15, 0.2) is 0 Å². The normalized spacial score (nSPS) is 11.3. The Kier molecular flexibility index (Phi) is 9.70. The van der Waals surface area contributed by atoms with Crippen LogP contribution in [0.1, 0.15) is 33.4 Å². The van der Waals surface area contributed by atoms with Crippen molar-refractivity contribution in [3.8, 4) is 46.0 Å². The van der Waals surface area contributed by atoms with E-state index in [1.165, 1.54) is 48.5 Å². The Bertz CT molecular complexity index is 1570. The minimum absolute atomic E-state index is 0.0464. The third kappa shape index (κ3) is 8.32.